The van der Waals surface area contributed by atoms with E-state index in [2.05, 4.69) is 291 Å². The Morgan fingerprint density at radius 3 is 0.331 bits per heavy atom. The van der Waals surface area contributed by atoms with Crippen LogP contribution >= 0.6 is 78.1 Å². The van der Waals surface area contributed by atoms with Crippen LogP contribution in [0.4, 0.5) is 87.8 Å². The maximum Gasteiger partial charge on any atom is 1.00 e. The molecule has 628 valence electrons. The van der Waals surface area contributed by atoms with Crippen LogP contribution in [0.3, 0.4) is 0 Å². The normalized spacial score (nSPS) is 10.1. The van der Waals surface area contributed by atoms with E-state index in [1.807, 2.05) is 0 Å². The Morgan fingerprint density at radius 2 is 0.237 bits per heavy atom. The largest absolute Gasteiger partial charge is 1.00 e. The molecule has 0 fully saturated rings. The molecule has 14 aromatic rings. The molecule has 14 rings (SSSR count). The van der Waals surface area contributed by atoms with Gasteiger partial charge in [-0.05, 0) is 95.3 Å². The van der Waals surface area contributed by atoms with Gasteiger partial charge in [0.1, 0.15) is 0 Å². The predicted octanol–water partition coefficient (Wildman–Crippen LogP) is 22.0. The van der Waals surface area contributed by atoms with Crippen LogP contribution in [0.2, 0.25) is 0 Å². The molecule has 0 aliphatic rings. The summed E-state index contributed by atoms with van der Waals surface area (Å²) in [6.07, 6.45) is 0. The number of halogens is 24. The SMILES string of the molecule is ClCCl.ClCCl.Fc1[c-]c(F)c(F)c(F)c1F.Fc1[c-]c(F)c(F)c(F)c1F.Fc1[c-]c(F)c(F)c(F)c1F.Fc1[c-]c(F)c(F)c(F)c1F.[Au+].[Au+].[Au+].[Au+].c1ccc(P(c2ccccc2)c2ccc(P(c3ccccc3)c3ccccc3)cc2)cc1.c1ccc(P(c2ccccc2)c2ccc(P(c3ccccc3)c3ccccc3)cc2)cc1. The van der Waals surface area contributed by atoms with Crippen molar-refractivity contribution >= 4 is 142 Å². The van der Waals surface area contributed by atoms with E-state index in [1.165, 1.54) is 63.7 Å². The van der Waals surface area contributed by atoms with E-state index in [1.54, 1.807) is 0 Å². The van der Waals surface area contributed by atoms with E-state index in [0.717, 1.165) is 24.3 Å². The Balaban J connectivity index is 0.000000385. The molecule has 0 saturated heterocycles. The fourth-order valence-electron chi connectivity index (χ4n) is 9.89. The fourth-order valence-corrected chi connectivity index (χ4v) is 19.0. The molecule has 0 nitrogen and oxygen atoms in total. The fraction of sp³-hybridized carbons (Fsp3) is 0.0233. The molecule has 0 saturated carbocycles. The minimum Gasteiger partial charge on any atom is -0.278 e. The Morgan fingerprint density at radius 1 is 0.153 bits per heavy atom. The molecule has 0 spiro atoms. The van der Waals surface area contributed by atoms with Gasteiger partial charge in [-0.25, -0.2) is 52.7 Å². The number of hydrogen-bond donors (Lipinski definition) is 0. The molecule has 14 aromatic carbocycles. The third kappa shape index (κ3) is 30.5. The molecule has 118 heavy (non-hydrogen) atoms. The van der Waals surface area contributed by atoms with Crippen molar-refractivity contribution in [2.75, 3.05) is 10.7 Å². The summed E-state index contributed by atoms with van der Waals surface area (Å²) in [6, 6.07) is 110. The van der Waals surface area contributed by atoms with Crippen LogP contribution in [0.5, 0.6) is 0 Å². The molecule has 0 aromatic heterocycles. The molecular formula is C86H52Au4Cl4F20P4. The van der Waals surface area contributed by atoms with Crippen LogP contribution in [0.15, 0.2) is 291 Å². The first-order chi connectivity index (χ1) is 54.8. The summed E-state index contributed by atoms with van der Waals surface area (Å²) in [5, 5.41) is 17.0. The Hall–Kier alpha value is -6.48. The monoisotopic (exact) mass is 2520 g/mol. The number of rotatable bonds is 12. The summed E-state index contributed by atoms with van der Waals surface area (Å²) >= 11 is 19.1. The van der Waals surface area contributed by atoms with Crippen LogP contribution in [0, 0.1) is 141 Å². The summed E-state index contributed by atoms with van der Waals surface area (Å²) in [4.78, 5) is 0. The van der Waals surface area contributed by atoms with Crippen molar-refractivity contribution in [3.05, 3.63) is 432 Å². The van der Waals surface area contributed by atoms with Crippen molar-refractivity contribution in [3.63, 3.8) is 0 Å². The first-order valence-electron chi connectivity index (χ1n) is 32.5. The quantitative estimate of drug-likeness (QED) is 0.0218. The van der Waals surface area contributed by atoms with E-state index >= 15 is 0 Å². The maximum absolute atomic E-state index is 12.0. The molecule has 0 amide bonds. The standard InChI is InChI=1S/2C30H24P2.4C6F5.2CH2Cl2.4Au/c2*1-5-13-25(14-6-1)31(26-15-7-2-8-16-26)29-21-23-30(24-22-29)32(27-17-9-3-10-18-27)28-19-11-4-12-20-28;4*7-2-1-3(8)5(10)6(11)4(2)9;2*2-1-3;;;;/h2*1-24H;;;;;2*1H2;;;;/q;;4*-1;;;4*+1. The zero-order valence-corrected chi connectivity index (χ0v) is 74.5. The van der Waals surface area contributed by atoms with Gasteiger partial charge in [0.25, 0.3) is 0 Å². The van der Waals surface area contributed by atoms with Gasteiger partial charge >= 0.3 is 89.5 Å². The molecule has 0 atom stereocenters. The second kappa shape index (κ2) is 54.8. The minimum atomic E-state index is -2.17. The van der Waals surface area contributed by atoms with Gasteiger partial charge in [-0.15, -0.1) is 70.7 Å². The molecule has 0 N–H and O–H groups in total. The Bertz CT molecular complexity index is 4380. The third-order valence-electron chi connectivity index (χ3n) is 14.8. The Labute approximate surface area is 754 Å². The first-order valence-corrected chi connectivity index (χ1v) is 40.0. The van der Waals surface area contributed by atoms with E-state index < -0.39 is 148 Å². The predicted molar refractivity (Wildman–Crippen MR) is 421 cm³/mol. The van der Waals surface area contributed by atoms with Crippen molar-refractivity contribution in [3.8, 4) is 0 Å². The number of benzene rings is 14. The van der Waals surface area contributed by atoms with Gasteiger partial charge in [0.05, 0.1) is 127 Å². The summed E-state index contributed by atoms with van der Waals surface area (Å²) in [5.41, 5.74) is 0. The average Bonchev–Trinajstić information content (AvgIpc) is 0.792. The zero-order valence-electron chi connectivity index (χ0n) is 59.2. The molecule has 0 unspecified atom stereocenters. The second-order valence-corrected chi connectivity index (χ2v) is 32.5. The third-order valence-corrected chi connectivity index (χ3v) is 24.6. The van der Waals surface area contributed by atoms with Gasteiger partial charge in [-0.3, -0.25) is 35.1 Å². The van der Waals surface area contributed by atoms with Crippen LogP contribution < -0.4 is 63.7 Å². The van der Waals surface area contributed by atoms with Crippen LogP contribution in [0.25, 0.3) is 0 Å². The Kier molecular flexibility index (Phi) is 49.1. The van der Waals surface area contributed by atoms with Gasteiger partial charge in [0, 0.05) is 0 Å². The minimum absolute atomic E-state index is 0. The average molecular weight is 2520 g/mol. The molecule has 0 bridgehead atoms. The first kappa shape index (κ1) is 106. The van der Waals surface area contributed by atoms with Gasteiger partial charge < -0.3 is 0 Å². The van der Waals surface area contributed by atoms with Gasteiger partial charge in [-0.2, -0.15) is 0 Å². The summed E-state index contributed by atoms with van der Waals surface area (Å²) in [7, 11) is -2.32. The van der Waals surface area contributed by atoms with Crippen molar-refractivity contribution in [1.29, 1.82) is 0 Å². The number of alkyl halides is 4. The molecule has 0 radical (unpaired) electrons. The topological polar surface area (TPSA) is 0 Å². The molecular weight excluding hydrogens is 2470 g/mol. The van der Waals surface area contributed by atoms with E-state index in [-0.39, 0.29) is 100 Å². The van der Waals surface area contributed by atoms with Crippen molar-refractivity contribution in [2.24, 2.45) is 0 Å². The van der Waals surface area contributed by atoms with E-state index in [9.17, 15) is 87.8 Å². The molecule has 0 heterocycles. The summed E-state index contributed by atoms with van der Waals surface area (Å²) in [6.45, 7) is 0. The van der Waals surface area contributed by atoms with Gasteiger partial charge in [-0.1, -0.05) is 291 Å². The zero-order chi connectivity index (χ0) is 83.0. The van der Waals surface area contributed by atoms with Crippen molar-refractivity contribution in [1.82, 2.24) is 0 Å². The van der Waals surface area contributed by atoms with Crippen molar-refractivity contribution in [2.45, 2.75) is 0 Å². The van der Waals surface area contributed by atoms with Crippen molar-refractivity contribution < 1.29 is 177 Å². The van der Waals surface area contributed by atoms with Crippen LogP contribution in [-0.2, 0) is 89.5 Å². The summed E-state index contributed by atoms with van der Waals surface area (Å²) in [5.74, 6) is -40.2. The maximum atomic E-state index is 12.0. The molecule has 32 heteroatoms. The van der Waals surface area contributed by atoms with Gasteiger partial charge in [0.2, 0.25) is 0 Å². The van der Waals surface area contributed by atoms with Crippen LogP contribution in [-0.4, -0.2) is 10.7 Å². The smallest absolute Gasteiger partial charge is 0.278 e. The second-order valence-electron chi connectivity index (χ2n) is 22.0. The molecule has 0 aliphatic carbocycles. The van der Waals surface area contributed by atoms with E-state index in [4.69, 9.17) is 46.4 Å². The van der Waals surface area contributed by atoms with E-state index in [0.29, 0.717) is 0 Å². The summed E-state index contributed by atoms with van der Waals surface area (Å²) < 4.78 is 239. The van der Waals surface area contributed by atoms with Gasteiger partial charge in [0.15, 0.2) is 0 Å². The van der Waals surface area contributed by atoms with Crippen LogP contribution in [0.1, 0.15) is 0 Å². The molecule has 0 aliphatic heterocycles. The number of hydrogen-bond acceptors (Lipinski definition) is 0.